The zero-order valence-electron chi connectivity index (χ0n) is 19.7. The van der Waals surface area contributed by atoms with Crippen molar-refractivity contribution in [3.05, 3.63) is 88.6 Å². The van der Waals surface area contributed by atoms with Gasteiger partial charge in [-0.3, -0.25) is 9.69 Å². The summed E-state index contributed by atoms with van der Waals surface area (Å²) in [6.07, 6.45) is 1.79. The molecule has 8 heteroatoms. The van der Waals surface area contributed by atoms with Crippen LogP contribution in [-0.4, -0.2) is 36.7 Å². The van der Waals surface area contributed by atoms with Crippen molar-refractivity contribution in [1.29, 1.82) is 0 Å². The van der Waals surface area contributed by atoms with Gasteiger partial charge in [-0.1, -0.05) is 29.8 Å². The van der Waals surface area contributed by atoms with E-state index in [1.54, 1.807) is 25.1 Å². The second-order valence-corrected chi connectivity index (χ2v) is 8.57. The number of hydrogen-bond acceptors (Lipinski definition) is 5. The first-order chi connectivity index (χ1) is 16.9. The van der Waals surface area contributed by atoms with Gasteiger partial charge >= 0.3 is 0 Å². The molecule has 180 valence electrons. The van der Waals surface area contributed by atoms with Crippen molar-refractivity contribution in [2.45, 2.75) is 13.5 Å². The number of nitrogens with zero attached hydrogens (tertiary/aromatic N) is 2. The van der Waals surface area contributed by atoms with E-state index in [4.69, 9.17) is 38.0 Å². The molecule has 6 nitrogen and oxygen atoms in total. The lowest BCUT2D eigenvalue weighted by Gasteiger charge is -2.16. The average molecular weight is 509 g/mol. The monoisotopic (exact) mass is 508 g/mol. The number of halogens is 1. The molecule has 1 heterocycles. The van der Waals surface area contributed by atoms with Crippen molar-refractivity contribution in [1.82, 2.24) is 4.90 Å². The number of ether oxygens (including phenoxy) is 3. The van der Waals surface area contributed by atoms with Crippen LogP contribution in [0.3, 0.4) is 0 Å². The highest BCUT2D eigenvalue weighted by atomic mass is 35.5. The fraction of sp³-hybridized carbons (Fsp3) is 0.185. The predicted molar refractivity (Wildman–Crippen MR) is 142 cm³/mol. The highest BCUT2D eigenvalue weighted by molar-refractivity contribution is 7.80. The fourth-order valence-corrected chi connectivity index (χ4v) is 4.05. The van der Waals surface area contributed by atoms with Crippen LogP contribution in [0.15, 0.2) is 72.4 Å². The van der Waals surface area contributed by atoms with E-state index < -0.39 is 0 Å². The molecule has 0 unspecified atom stereocenters. The maximum absolute atomic E-state index is 13.3. The lowest BCUT2D eigenvalue weighted by atomic mass is 10.1. The van der Waals surface area contributed by atoms with Crippen molar-refractivity contribution in [3.8, 4) is 17.2 Å². The minimum absolute atomic E-state index is 0.205. The quantitative estimate of drug-likeness (QED) is 0.277. The van der Waals surface area contributed by atoms with Crippen LogP contribution in [0.25, 0.3) is 6.08 Å². The summed E-state index contributed by atoms with van der Waals surface area (Å²) in [6.45, 7) is 2.87. The maximum atomic E-state index is 13.3. The van der Waals surface area contributed by atoms with Crippen LogP contribution < -0.4 is 19.1 Å². The number of methoxy groups -OCH3 is 1. The van der Waals surface area contributed by atoms with Gasteiger partial charge in [0.25, 0.3) is 5.91 Å². The van der Waals surface area contributed by atoms with Crippen LogP contribution in [0.1, 0.15) is 18.1 Å². The van der Waals surface area contributed by atoms with Crippen molar-refractivity contribution in [2.24, 2.45) is 0 Å². The highest BCUT2D eigenvalue weighted by Gasteiger charge is 2.36. The number of likely N-dealkylation sites (N-methyl/N-ethyl adjacent to an activating group) is 1. The summed E-state index contributed by atoms with van der Waals surface area (Å²) < 4.78 is 17.0. The van der Waals surface area contributed by atoms with Gasteiger partial charge in [-0.15, -0.1) is 0 Å². The van der Waals surface area contributed by atoms with Gasteiger partial charge in [-0.05, 0) is 84.9 Å². The van der Waals surface area contributed by atoms with Crippen LogP contribution >= 0.6 is 23.8 Å². The minimum atomic E-state index is -0.205. The summed E-state index contributed by atoms with van der Waals surface area (Å²) in [5.41, 5.74) is 2.92. The van der Waals surface area contributed by atoms with Gasteiger partial charge in [-0.25, -0.2) is 0 Å². The molecular weight excluding hydrogens is 484 g/mol. The first kappa shape index (κ1) is 24.6. The molecule has 1 amide bonds. The SMILES string of the molecule is CCOc1ccc(N2C(=O)/C(=C/c3ccc(OCc4ccc(Cl)cc4)c(OC)c3)N(C)C2=S)cc1. The fourth-order valence-electron chi connectivity index (χ4n) is 3.64. The molecule has 1 aliphatic rings. The molecule has 35 heavy (non-hydrogen) atoms. The molecule has 0 spiro atoms. The lowest BCUT2D eigenvalue weighted by Crippen LogP contribution is -2.31. The van der Waals surface area contributed by atoms with Crippen LogP contribution in [0.2, 0.25) is 5.02 Å². The Morgan fingerprint density at radius 3 is 2.34 bits per heavy atom. The normalized spacial score (nSPS) is 14.6. The van der Waals surface area contributed by atoms with E-state index in [0.717, 1.165) is 16.9 Å². The Balaban J connectivity index is 1.54. The molecule has 0 bridgehead atoms. The van der Waals surface area contributed by atoms with Crippen LogP contribution in [0.5, 0.6) is 17.2 Å². The number of anilines is 1. The second-order valence-electron chi connectivity index (χ2n) is 7.76. The summed E-state index contributed by atoms with van der Waals surface area (Å²) in [4.78, 5) is 16.5. The summed E-state index contributed by atoms with van der Waals surface area (Å²) in [5, 5.41) is 1.08. The molecule has 0 radical (unpaired) electrons. The number of benzene rings is 3. The zero-order valence-corrected chi connectivity index (χ0v) is 21.2. The van der Waals surface area contributed by atoms with Gasteiger partial charge in [0.05, 0.1) is 19.4 Å². The van der Waals surface area contributed by atoms with Gasteiger partial charge in [-0.2, -0.15) is 0 Å². The van der Waals surface area contributed by atoms with E-state index in [9.17, 15) is 4.79 Å². The number of carbonyl (C=O) groups is 1. The predicted octanol–water partition coefficient (Wildman–Crippen LogP) is 5.93. The minimum Gasteiger partial charge on any atom is -0.494 e. The molecule has 4 rings (SSSR count). The Morgan fingerprint density at radius 1 is 0.971 bits per heavy atom. The van der Waals surface area contributed by atoms with Crippen molar-refractivity contribution >= 4 is 46.6 Å². The Bertz CT molecular complexity index is 1260. The molecule has 3 aromatic rings. The van der Waals surface area contributed by atoms with Crippen molar-refractivity contribution in [3.63, 3.8) is 0 Å². The number of carbonyl (C=O) groups excluding carboxylic acids is 1. The standard InChI is InChI=1S/C27H25ClN2O4S/c1-4-33-22-12-10-21(11-13-22)30-26(31)23(29(2)27(30)35)15-19-7-14-24(25(16-19)32-3)34-17-18-5-8-20(28)9-6-18/h5-16H,4,17H2,1-3H3/b23-15-. The molecule has 0 aliphatic carbocycles. The highest BCUT2D eigenvalue weighted by Crippen LogP contribution is 2.32. The number of thiocarbonyl (C=S) groups is 1. The Labute approximate surface area is 215 Å². The molecule has 1 saturated heterocycles. The third-order valence-corrected chi connectivity index (χ3v) is 6.17. The molecule has 1 aliphatic heterocycles. The molecule has 3 aromatic carbocycles. The lowest BCUT2D eigenvalue weighted by molar-refractivity contribution is -0.114. The van der Waals surface area contributed by atoms with Gasteiger partial charge in [0.15, 0.2) is 16.6 Å². The largest absolute Gasteiger partial charge is 0.494 e. The van der Waals surface area contributed by atoms with E-state index in [2.05, 4.69) is 0 Å². The van der Waals surface area contributed by atoms with E-state index in [0.29, 0.717) is 46.2 Å². The summed E-state index contributed by atoms with van der Waals surface area (Å²) >= 11 is 11.5. The van der Waals surface area contributed by atoms with E-state index in [1.807, 2.05) is 73.7 Å². The molecule has 0 atom stereocenters. The summed E-state index contributed by atoms with van der Waals surface area (Å²) in [7, 11) is 3.36. The first-order valence-corrected chi connectivity index (χ1v) is 11.8. The van der Waals surface area contributed by atoms with Gasteiger partial charge in [0.1, 0.15) is 18.1 Å². The third-order valence-electron chi connectivity index (χ3n) is 5.47. The van der Waals surface area contributed by atoms with Gasteiger partial charge in [0, 0.05) is 12.1 Å². The Hall–Kier alpha value is -3.55. The molecule has 0 saturated carbocycles. The summed E-state index contributed by atoms with van der Waals surface area (Å²) in [6, 6.07) is 20.3. The molecule has 1 fully saturated rings. The maximum Gasteiger partial charge on any atom is 0.281 e. The van der Waals surface area contributed by atoms with E-state index >= 15 is 0 Å². The summed E-state index contributed by atoms with van der Waals surface area (Å²) in [5.74, 6) is 1.70. The Kier molecular flexibility index (Phi) is 7.58. The topological polar surface area (TPSA) is 51.2 Å². The number of rotatable bonds is 8. The molecule has 0 aromatic heterocycles. The van der Waals surface area contributed by atoms with E-state index in [1.165, 1.54) is 4.90 Å². The second kappa shape index (κ2) is 10.8. The molecule has 0 N–H and O–H groups in total. The van der Waals surface area contributed by atoms with Crippen LogP contribution in [0, 0.1) is 0 Å². The first-order valence-electron chi connectivity index (χ1n) is 11.0. The van der Waals surface area contributed by atoms with Crippen LogP contribution in [-0.2, 0) is 11.4 Å². The third kappa shape index (κ3) is 5.42. The van der Waals surface area contributed by atoms with Crippen molar-refractivity contribution < 1.29 is 19.0 Å². The molecular formula is C27H25ClN2O4S. The van der Waals surface area contributed by atoms with Gasteiger partial charge < -0.3 is 19.1 Å². The van der Waals surface area contributed by atoms with Gasteiger partial charge in [0.2, 0.25) is 0 Å². The smallest absolute Gasteiger partial charge is 0.281 e. The van der Waals surface area contributed by atoms with E-state index in [-0.39, 0.29) is 5.91 Å². The number of hydrogen-bond donors (Lipinski definition) is 0. The van der Waals surface area contributed by atoms with Crippen LogP contribution in [0.4, 0.5) is 5.69 Å². The Morgan fingerprint density at radius 2 is 1.69 bits per heavy atom. The average Bonchev–Trinajstić information content (AvgIpc) is 3.08. The van der Waals surface area contributed by atoms with Crippen molar-refractivity contribution in [2.75, 3.05) is 25.7 Å². The number of amides is 1. The zero-order chi connectivity index (χ0) is 24.9.